The third-order valence-electron chi connectivity index (χ3n) is 3.31. The van der Waals surface area contributed by atoms with Gasteiger partial charge >= 0.3 is 0 Å². The summed E-state index contributed by atoms with van der Waals surface area (Å²) in [5, 5.41) is 9.59. The minimum atomic E-state index is -0.0227. The molecule has 1 aromatic carbocycles. The van der Waals surface area contributed by atoms with Gasteiger partial charge in [-0.2, -0.15) is 0 Å². The Bertz CT molecular complexity index is 481. The van der Waals surface area contributed by atoms with Gasteiger partial charge in [0.15, 0.2) is 0 Å². The van der Waals surface area contributed by atoms with E-state index in [1.165, 1.54) is 0 Å². The zero-order valence-corrected chi connectivity index (χ0v) is 12.3. The average molecular weight is 299 g/mol. The van der Waals surface area contributed by atoms with Gasteiger partial charge in [-0.3, -0.25) is 4.79 Å². The van der Waals surface area contributed by atoms with Crippen molar-refractivity contribution in [2.45, 2.75) is 6.92 Å². The van der Waals surface area contributed by atoms with Crippen molar-refractivity contribution >= 4 is 23.2 Å². The predicted molar refractivity (Wildman–Crippen MR) is 78.5 cm³/mol. The van der Waals surface area contributed by atoms with E-state index >= 15 is 0 Å². The summed E-state index contributed by atoms with van der Waals surface area (Å²) in [7, 11) is 0. The van der Waals surface area contributed by atoms with Crippen molar-refractivity contribution in [3.8, 4) is 5.75 Å². The molecule has 6 heteroatoms. The molecule has 110 valence electrons. The Kier molecular flexibility index (Phi) is 5.09. The molecule has 0 aliphatic carbocycles. The van der Waals surface area contributed by atoms with Crippen LogP contribution in [0.5, 0.6) is 5.75 Å². The lowest BCUT2D eigenvalue weighted by Crippen LogP contribution is -2.44. The number of aliphatic hydroxyl groups is 1. The second kappa shape index (κ2) is 6.81. The molecule has 0 saturated carbocycles. The van der Waals surface area contributed by atoms with Crippen molar-refractivity contribution in [2.24, 2.45) is 0 Å². The van der Waals surface area contributed by atoms with Gasteiger partial charge in [0.05, 0.1) is 25.4 Å². The van der Waals surface area contributed by atoms with Crippen LogP contribution in [0, 0.1) is 0 Å². The fourth-order valence-corrected chi connectivity index (χ4v) is 2.42. The van der Waals surface area contributed by atoms with Crippen molar-refractivity contribution in [3.05, 3.63) is 23.2 Å². The van der Waals surface area contributed by atoms with Gasteiger partial charge < -0.3 is 19.6 Å². The fraction of sp³-hybridized carbons (Fsp3) is 0.500. The van der Waals surface area contributed by atoms with Crippen LogP contribution in [-0.4, -0.2) is 55.3 Å². The van der Waals surface area contributed by atoms with E-state index < -0.39 is 0 Å². The first kappa shape index (κ1) is 14.9. The minimum absolute atomic E-state index is 0.00521. The highest BCUT2D eigenvalue weighted by Crippen LogP contribution is 2.33. The molecule has 0 saturated heterocycles. The first-order valence-corrected chi connectivity index (χ1v) is 7.09. The summed E-state index contributed by atoms with van der Waals surface area (Å²) in [6, 6.07) is 5.40. The standard InChI is InChI=1S/C14H19ClN2O3/c1-2-16(5-7-18)14(19)10-17-6-8-20-13-4-3-11(15)9-12(13)17/h3-4,9,18H,2,5-8,10H2,1H3. The zero-order valence-electron chi connectivity index (χ0n) is 11.5. The van der Waals surface area contributed by atoms with Gasteiger partial charge in [0.1, 0.15) is 12.4 Å². The number of hydrogen-bond donors (Lipinski definition) is 1. The fourth-order valence-electron chi connectivity index (χ4n) is 2.25. The minimum Gasteiger partial charge on any atom is -0.490 e. The summed E-state index contributed by atoms with van der Waals surface area (Å²) in [6.07, 6.45) is 0. The van der Waals surface area contributed by atoms with Crippen molar-refractivity contribution in [1.29, 1.82) is 0 Å². The topological polar surface area (TPSA) is 53.0 Å². The number of carbonyl (C=O) groups is 1. The van der Waals surface area contributed by atoms with Crippen LogP contribution in [0.3, 0.4) is 0 Å². The molecule has 1 aromatic rings. The van der Waals surface area contributed by atoms with Crippen LogP contribution in [0.1, 0.15) is 6.92 Å². The summed E-state index contributed by atoms with van der Waals surface area (Å²) in [5.41, 5.74) is 0.845. The van der Waals surface area contributed by atoms with Crippen molar-refractivity contribution < 1.29 is 14.6 Å². The molecule has 20 heavy (non-hydrogen) atoms. The zero-order chi connectivity index (χ0) is 14.5. The van der Waals surface area contributed by atoms with Crippen molar-refractivity contribution in [2.75, 3.05) is 44.3 Å². The second-order valence-corrected chi connectivity index (χ2v) is 5.02. The van der Waals surface area contributed by atoms with E-state index in [0.717, 1.165) is 11.4 Å². The quantitative estimate of drug-likeness (QED) is 0.892. The molecule has 1 aliphatic heterocycles. The maximum Gasteiger partial charge on any atom is 0.242 e. The number of carbonyl (C=O) groups excluding carboxylic acids is 1. The molecule has 0 atom stereocenters. The molecule has 0 unspecified atom stereocenters. The van der Waals surface area contributed by atoms with Crippen LogP contribution in [0.2, 0.25) is 5.02 Å². The summed E-state index contributed by atoms with van der Waals surface area (Å²) in [4.78, 5) is 15.8. The van der Waals surface area contributed by atoms with Crippen molar-refractivity contribution in [3.63, 3.8) is 0 Å². The SMILES string of the molecule is CCN(CCO)C(=O)CN1CCOc2ccc(Cl)cc21. The second-order valence-electron chi connectivity index (χ2n) is 4.58. The van der Waals surface area contributed by atoms with Gasteiger partial charge in [-0.1, -0.05) is 11.6 Å². The van der Waals surface area contributed by atoms with Crippen LogP contribution < -0.4 is 9.64 Å². The van der Waals surface area contributed by atoms with E-state index in [2.05, 4.69) is 0 Å². The number of hydrogen-bond acceptors (Lipinski definition) is 4. The van der Waals surface area contributed by atoms with Gasteiger partial charge in [0.2, 0.25) is 5.91 Å². The molecule has 0 radical (unpaired) electrons. The van der Waals surface area contributed by atoms with Crippen LogP contribution in [0.15, 0.2) is 18.2 Å². The van der Waals surface area contributed by atoms with Gasteiger partial charge in [0, 0.05) is 18.1 Å². The van der Waals surface area contributed by atoms with Gasteiger partial charge in [0.25, 0.3) is 0 Å². The lowest BCUT2D eigenvalue weighted by molar-refractivity contribution is -0.130. The molecule has 1 heterocycles. The number of ether oxygens (including phenoxy) is 1. The highest BCUT2D eigenvalue weighted by molar-refractivity contribution is 6.31. The third-order valence-corrected chi connectivity index (χ3v) is 3.55. The molecule has 2 rings (SSSR count). The molecular weight excluding hydrogens is 280 g/mol. The van der Waals surface area contributed by atoms with Gasteiger partial charge in [-0.25, -0.2) is 0 Å². The average Bonchev–Trinajstić information content (AvgIpc) is 2.45. The van der Waals surface area contributed by atoms with E-state index in [4.69, 9.17) is 21.4 Å². The van der Waals surface area contributed by atoms with E-state index in [0.29, 0.717) is 31.3 Å². The lowest BCUT2D eigenvalue weighted by Gasteiger charge is -2.32. The Morgan fingerprint density at radius 1 is 1.55 bits per heavy atom. The summed E-state index contributed by atoms with van der Waals surface area (Å²) < 4.78 is 5.56. The molecular formula is C14H19ClN2O3. The maximum absolute atomic E-state index is 12.2. The Morgan fingerprint density at radius 2 is 2.35 bits per heavy atom. The monoisotopic (exact) mass is 298 g/mol. The van der Waals surface area contributed by atoms with E-state index in [9.17, 15) is 4.79 Å². The van der Waals surface area contributed by atoms with E-state index in [1.807, 2.05) is 24.0 Å². The largest absolute Gasteiger partial charge is 0.490 e. The summed E-state index contributed by atoms with van der Waals surface area (Å²) in [5.74, 6) is 0.744. The number of halogens is 1. The number of amides is 1. The molecule has 0 spiro atoms. The number of likely N-dealkylation sites (N-methyl/N-ethyl adjacent to an activating group) is 1. The van der Waals surface area contributed by atoms with Crippen molar-refractivity contribution in [1.82, 2.24) is 4.90 Å². The summed E-state index contributed by atoms with van der Waals surface area (Å²) in [6.45, 7) is 4.30. The molecule has 0 fully saturated rings. The predicted octanol–water partition coefficient (Wildman–Crippen LogP) is 1.38. The van der Waals surface area contributed by atoms with Crippen LogP contribution in [-0.2, 0) is 4.79 Å². The maximum atomic E-state index is 12.2. The molecule has 0 bridgehead atoms. The smallest absolute Gasteiger partial charge is 0.242 e. The number of benzene rings is 1. The Balaban J connectivity index is 2.11. The molecule has 1 amide bonds. The summed E-state index contributed by atoms with van der Waals surface area (Å²) >= 11 is 6.01. The first-order valence-electron chi connectivity index (χ1n) is 6.71. The Morgan fingerprint density at radius 3 is 3.05 bits per heavy atom. The van der Waals surface area contributed by atoms with Crippen LogP contribution in [0.25, 0.3) is 0 Å². The van der Waals surface area contributed by atoms with E-state index in [-0.39, 0.29) is 19.1 Å². The number of nitrogens with zero attached hydrogens (tertiary/aromatic N) is 2. The molecule has 1 N–H and O–H groups in total. The van der Waals surface area contributed by atoms with E-state index in [1.54, 1.807) is 11.0 Å². The number of aliphatic hydroxyl groups excluding tert-OH is 1. The van der Waals surface area contributed by atoms with Gasteiger partial charge in [-0.15, -0.1) is 0 Å². The molecule has 0 aromatic heterocycles. The highest BCUT2D eigenvalue weighted by Gasteiger charge is 2.22. The first-order chi connectivity index (χ1) is 9.65. The molecule has 5 nitrogen and oxygen atoms in total. The lowest BCUT2D eigenvalue weighted by atomic mass is 10.2. The number of rotatable bonds is 5. The Hall–Kier alpha value is -1.46. The number of anilines is 1. The van der Waals surface area contributed by atoms with Crippen LogP contribution in [0.4, 0.5) is 5.69 Å². The third kappa shape index (κ3) is 3.35. The Labute approximate surface area is 123 Å². The highest BCUT2D eigenvalue weighted by atomic mass is 35.5. The molecule has 1 aliphatic rings. The van der Waals surface area contributed by atoms with Crippen LogP contribution >= 0.6 is 11.6 Å². The normalized spacial score (nSPS) is 13.7. The number of fused-ring (bicyclic) bond motifs is 1. The van der Waals surface area contributed by atoms with Gasteiger partial charge in [-0.05, 0) is 25.1 Å².